The average Bonchev–Trinajstić information content (AvgIpc) is 3.28. The van der Waals surface area contributed by atoms with Crippen LogP contribution in [-0.2, 0) is 28.6 Å². The molecule has 0 heterocycles. The summed E-state index contributed by atoms with van der Waals surface area (Å²) < 4.78 is 16.8. The SMILES string of the molecule is CC/C=C\C/C=C\C/C=C\C/C=C\C/C=C\CCCCCC(=O)OCC(COC(=O)CCCCCCCCCCCCC)OC(=O)CCCCCCCC/C=C\C=C/CCCCC. The zero-order chi connectivity index (χ0) is 45.8. The van der Waals surface area contributed by atoms with Gasteiger partial charge in [0.05, 0.1) is 0 Å². The lowest BCUT2D eigenvalue weighted by Crippen LogP contribution is -2.30. The molecule has 6 nitrogen and oxygen atoms in total. The molecule has 0 amide bonds. The summed E-state index contributed by atoms with van der Waals surface area (Å²) in [6, 6.07) is 0. The second kappa shape index (κ2) is 51.2. The molecular weight excluding hydrogens is 781 g/mol. The molecule has 0 aromatic carbocycles. The third kappa shape index (κ3) is 49.5. The van der Waals surface area contributed by atoms with Crippen molar-refractivity contribution in [2.24, 2.45) is 0 Å². The topological polar surface area (TPSA) is 78.9 Å². The molecule has 0 bridgehead atoms. The summed E-state index contributed by atoms with van der Waals surface area (Å²) in [6.45, 7) is 6.45. The van der Waals surface area contributed by atoms with Crippen molar-refractivity contribution in [2.75, 3.05) is 13.2 Å². The Bertz CT molecular complexity index is 1240. The molecular formula is C57H96O6. The van der Waals surface area contributed by atoms with Crippen LogP contribution >= 0.6 is 0 Å². The Hall–Kier alpha value is -3.41. The number of carbonyl (C=O) groups excluding carboxylic acids is 3. The zero-order valence-corrected chi connectivity index (χ0v) is 41.1. The summed E-state index contributed by atoms with van der Waals surface area (Å²) in [5, 5.41) is 0. The summed E-state index contributed by atoms with van der Waals surface area (Å²) in [6.07, 6.45) is 65.6. The van der Waals surface area contributed by atoms with Crippen LogP contribution in [0.5, 0.6) is 0 Å². The smallest absolute Gasteiger partial charge is 0.306 e. The molecule has 0 aromatic heterocycles. The van der Waals surface area contributed by atoms with Crippen molar-refractivity contribution in [3.8, 4) is 0 Å². The predicted molar refractivity (Wildman–Crippen MR) is 270 cm³/mol. The van der Waals surface area contributed by atoms with Crippen LogP contribution in [0.4, 0.5) is 0 Å². The first-order valence-corrected chi connectivity index (χ1v) is 26.1. The second-order valence-electron chi connectivity index (χ2n) is 17.1. The van der Waals surface area contributed by atoms with Gasteiger partial charge in [-0.25, -0.2) is 0 Å². The van der Waals surface area contributed by atoms with Crippen molar-refractivity contribution in [3.63, 3.8) is 0 Å². The quantitative estimate of drug-likeness (QED) is 0.0199. The van der Waals surface area contributed by atoms with Gasteiger partial charge in [-0.3, -0.25) is 14.4 Å². The van der Waals surface area contributed by atoms with Crippen LogP contribution in [0.3, 0.4) is 0 Å². The highest BCUT2D eigenvalue weighted by atomic mass is 16.6. The van der Waals surface area contributed by atoms with Crippen LogP contribution in [0.15, 0.2) is 85.1 Å². The van der Waals surface area contributed by atoms with Gasteiger partial charge in [0.1, 0.15) is 13.2 Å². The molecule has 0 aliphatic carbocycles. The van der Waals surface area contributed by atoms with E-state index >= 15 is 0 Å². The van der Waals surface area contributed by atoms with Crippen LogP contribution in [0.1, 0.15) is 239 Å². The molecule has 6 heteroatoms. The number of ether oxygens (including phenoxy) is 3. The summed E-state index contributed by atoms with van der Waals surface area (Å²) in [5.41, 5.74) is 0. The van der Waals surface area contributed by atoms with Crippen LogP contribution in [0.2, 0.25) is 0 Å². The highest BCUT2D eigenvalue weighted by Crippen LogP contribution is 2.14. The molecule has 0 spiro atoms. The first-order chi connectivity index (χ1) is 31.0. The van der Waals surface area contributed by atoms with Crippen molar-refractivity contribution in [1.82, 2.24) is 0 Å². The van der Waals surface area contributed by atoms with E-state index in [1.165, 1.54) is 89.9 Å². The summed E-state index contributed by atoms with van der Waals surface area (Å²) >= 11 is 0. The number of hydrogen-bond donors (Lipinski definition) is 0. The van der Waals surface area contributed by atoms with Gasteiger partial charge in [-0.2, -0.15) is 0 Å². The molecule has 0 aromatic rings. The first-order valence-electron chi connectivity index (χ1n) is 26.1. The Morgan fingerprint density at radius 3 is 1.11 bits per heavy atom. The van der Waals surface area contributed by atoms with E-state index in [4.69, 9.17) is 14.2 Å². The fourth-order valence-electron chi connectivity index (χ4n) is 6.99. The average molecular weight is 877 g/mol. The molecule has 0 rings (SSSR count). The molecule has 1 unspecified atom stereocenters. The molecule has 63 heavy (non-hydrogen) atoms. The van der Waals surface area contributed by atoms with E-state index in [1.807, 2.05) is 0 Å². The van der Waals surface area contributed by atoms with E-state index in [0.29, 0.717) is 19.3 Å². The van der Waals surface area contributed by atoms with Gasteiger partial charge in [0, 0.05) is 19.3 Å². The van der Waals surface area contributed by atoms with Crippen molar-refractivity contribution in [1.29, 1.82) is 0 Å². The van der Waals surface area contributed by atoms with Crippen molar-refractivity contribution < 1.29 is 28.6 Å². The zero-order valence-electron chi connectivity index (χ0n) is 41.1. The maximum absolute atomic E-state index is 12.8. The standard InChI is InChI=1S/C57H96O6/c1-4-7-10-13-16-19-22-24-26-27-28-29-31-32-35-38-41-44-47-50-56(59)62-53-54(52-61-55(58)49-46-43-40-37-34-21-18-15-12-9-6-3)63-57(60)51-48-45-42-39-36-33-30-25-23-20-17-14-11-8-5-2/h7,10,16-17,19-20,23-26,28-29,32,35,54H,4-6,8-9,11-15,18,21-22,27,30-31,33-34,36-53H2,1-3H3/b10-7-,19-16-,20-17-,25-23-,26-24-,29-28-,35-32-. The second-order valence-corrected chi connectivity index (χ2v) is 17.1. The fourth-order valence-corrected chi connectivity index (χ4v) is 6.99. The monoisotopic (exact) mass is 877 g/mol. The van der Waals surface area contributed by atoms with Gasteiger partial charge in [0.2, 0.25) is 0 Å². The number of rotatable bonds is 46. The summed E-state index contributed by atoms with van der Waals surface area (Å²) in [7, 11) is 0. The third-order valence-electron chi connectivity index (χ3n) is 10.9. The summed E-state index contributed by atoms with van der Waals surface area (Å²) in [4.78, 5) is 38.0. The Morgan fingerprint density at radius 2 is 0.667 bits per heavy atom. The molecule has 0 aliphatic heterocycles. The van der Waals surface area contributed by atoms with Crippen LogP contribution in [0.25, 0.3) is 0 Å². The van der Waals surface area contributed by atoms with Crippen molar-refractivity contribution >= 4 is 17.9 Å². The van der Waals surface area contributed by atoms with Crippen LogP contribution < -0.4 is 0 Å². The predicted octanol–water partition coefficient (Wildman–Crippen LogP) is 17.2. The first kappa shape index (κ1) is 59.6. The van der Waals surface area contributed by atoms with Gasteiger partial charge >= 0.3 is 17.9 Å². The Kier molecular flexibility index (Phi) is 48.5. The fraction of sp³-hybridized carbons (Fsp3) is 0.702. The molecule has 0 radical (unpaired) electrons. The lowest BCUT2D eigenvalue weighted by atomic mass is 10.1. The largest absolute Gasteiger partial charge is 0.462 e. The lowest BCUT2D eigenvalue weighted by Gasteiger charge is -2.18. The minimum Gasteiger partial charge on any atom is -0.462 e. The number of unbranched alkanes of at least 4 members (excludes halogenated alkanes) is 22. The molecule has 0 fully saturated rings. The van der Waals surface area contributed by atoms with E-state index in [2.05, 4.69) is 106 Å². The Morgan fingerprint density at radius 1 is 0.349 bits per heavy atom. The molecule has 0 saturated heterocycles. The van der Waals surface area contributed by atoms with E-state index in [-0.39, 0.29) is 31.1 Å². The van der Waals surface area contributed by atoms with Gasteiger partial charge in [-0.15, -0.1) is 0 Å². The van der Waals surface area contributed by atoms with E-state index in [1.54, 1.807) is 0 Å². The lowest BCUT2D eigenvalue weighted by molar-refractivity contribution is -0.167. The van der Waals surface area contributed by atoms with E-state index in [0.717, 1.165) is 109 Å². The number of esters is 3. The van der Waals surface area contributed by atoms with Crippen LogP contribution in [-0.4, -0.2) is 37.2 Å². The third-order valence-corrected chi connectivity index (χ3v) is 10.9. The molecule has 1 atom stereocenters. The van der Waals surface area contributed by atoms with Gasteiger partial charge in [-0.05, 0) is 89.9 Å². The minimum absolute atomic E-state index is 0.0910. The maximum atomic E-state index is 12.8. The van der Waals surface area contributed by atoms with Crippen molar-refractivity contribution in [3.05, 3.63) is 85.1 Å². The van der Waals surface area contributed by atoms with Crippen molar-refractivity contribution in [2.45, 2.75) is 245 Å². The highest BCUT2D eigenvalue weighted by molar-refractivity contribution is 5.71. The normalized spacial score (nSPS) is 12.7. The van der Waals surface area contributed by atoms with Crippen LogP contribution in [0, 0.1) is 0 Å². The molecule has 0 aliphatic rings. The molecule has 360 valence electrons. The van der Waals surface area contributed by atoms with E-state index < -0.39 is 6.10 Å². The van der Waals surface area contributed by atoms with Gasteiger partial charge in [0.15, 0.2) is 6.10 Å². The molecule has 0 N–H and O–H groups in total. The number of allylic oxidation sites excluding steroid dienone is 14. The molecule has 0 saturated carbocycles. The maximum Gasteiger partial charge on any atom is 0.306 e. The van der Waals surface area contributed by atoms with Gasteiger partial charge in [0.25, 0.3) is 0 Å². The number of hydrogen-bond acceptors (Lipinski definition) is 6. The highest BCUT2D eigenvalue weighted by Gasteiger charge is 2.19. The van der Waals surface area contributed by atoms with Gasteiger partial charge in [-0.1, -0.05) is 215 Å². The number of carbonyl (C=O) groups is 3. The Balaban J connectivity index is 4.44. The summed E-state index contributed by atoms with van der Waals surface area (Å²) in [5.74, 6) is -0.937. The minimum atomic E-state index is -0.794. The van der Waals surface area contributed by atoms with E-state index in [9.17, 15) is 14.4 Å². The Labute approximate surface area is 388 Å². The van der Waals surface area contributed by atoms with Gasteiger partial charge < -0.3 is 14.2 Å².